The number of pyridine rings is 1. The van der Waals surface area contributed by atoms with E-state index in [2.05, 4.69) is 4.98 Å². The first-order chi connectivity index (χ1) is 10.2. The van der Waals surface area contributed by atoms with E-state index in [1.54, 1.807) is 20.8 Å². The Labute approximate surface area is 128 Å². The molecule has 0 unspecified atom stereocenters. The van der Waals surface area contributed by atoms with Gasteiger partial charge in [-0.2, -0.15) is 0 Å². The molecule has 0 saturated carbocycles. The molecule has 1 aromatic heterocycles. The standard InChI is InChI=1S/C15H21FN2O4/c1-15(2,3)22-14(20)18-8-10(19)6-12(18)11-5-9(16)7-17-13(11)21-4/h5,7,10,12,19H,6,8H2,1-4H3/t10-,12-/m1/s1. The van der Waals surface area contributed by atoms with Gasteiger partial charge in [0.1, 0.15) is 11.4 Å². The summed E-state index contributed by atoms with van der Waals surface area (Å²) in [5.41, 5.74) is -0.232. The number of aliphatic hydroxyl groups is 1. The SMILES string of the molecule is COc1ncc(F)cc1[C@H]1C[C@@H](O)CN1C(=O)OC(C)(C)C. The number of halogens is 1. The molecule has 1 aromatic rings. The first-order valence-corrected chi connectivity index (χ1v) is 7.08. The molecule has 0 aromatic carbocycles. The minimum absolute atomic E-state index is 0.124. The second kappa shape index (κ2) is 6.08. The van der Waals surface area contributed by atoms with Crippen LogP contribution in [0.3, 0.4) is 0 Å². The van der Waals surface area contributed by atoms with Crippen molar-refractivity contribution in [2.45, 2.75) is 44.9 Å². The van der Waals surface area contributed by atoms with Crippen LogP contribution in [0.1, 0.15) is 38.8 Å². The Morgan fingerprint density at radius 1 is 1.50 bits per heavy atom. The van der Waals surface area contributed by atoms with Crippen molar-refractivity contribution in [1.82, 2.24) is 9.88 Å². The van der Waals surface area contributed by atoms with E-state index in [1.165, 1.54) is 18.1 Å². The maximum atomic E-state index is 13.5. The molecule has 1 aliphatic heterocycles. The largest absolute Gasteiger partial charge is 0.481 e. The molecule has 1 fully saturated rings. The van der Waals surface area contributed by atoms with Crippen LogP contribution in [0.5, 0.6) is 5.88 Å². The van der Waals surface area contributed by atoms with Crippen molar-refractivity contribution >= 4 is 6.09 Å². The summed E-state index contributed by atoms with van der Waals surface area (Å²) in [6.07, 6.45) is 0.0672. The number of rotatable bonds is 2. The first-order valence-electron chi connectivity index (χ1n) is 7.08. The molecule has 0 aliphatic carbocycles. The van der Waals surface area contributed by atoms with Crippen LogP contribution in [0.4, 0.5) is 9.18 Å². The predicted molar refractivity (Wildman–Crippen MR) is 77.1 cm³/mol. The minimum atomic E-state index is -0.703. The monoisotopic (exact) mass is 312 g/mol. The molecule has 6 nitrogen and oxygen atoms in total. The van der Waals surface area contributed by atoms with E-state index in [9.17, 15) is 14.3 Å². The van der Waals surface area contributed by atoms with Gasteiger partial charge in [-0.05, 0) is 33.3 Å². The van der Waals surface area contributed by atoms with Gasteiger partial charge in [-0.25, -0.2) is 14.2 Å². The Hall–Kier alpha value is -1.89. The third-order valence-electron chi connectivity index (χ3n) is 3.30. The van der Waals surface area contributed by atoms with Crippen LogP contribution in [-0.4, -0.2) is 46.4 Å². The molecule has 2 atom stereocenters. The smallest absolute Gasteiger partial charge is 0.410 e. The van der Waals surface area contributed by atoms with Gasteiger partial charge >= 0.3 is 6.09 Å². The van der Waals surface area contributed by atoms with Crippen molar-refractivity contribution in [2.24, 2.45) is 0 Å². The molecule has 1 aliphatic rings. The van der Waals surface area contributed by atoms with Crippen LogP contribution in [0.2, 0.25) is 0 Å². The molecule has 0 spiro atoms. The van der Waals surface area contributed by atoms with Crippen molar-refractivity contribution in [3.05, 3.63) is 23.6 Å². The van der Waals surface area contributed by atoms with Gasteiger partial charge in [0.2, 0.25) is 5.88 Å². The Balaban J connectivity index is 2.32. The van der Waals surface area contributed by atoms with Gasteiger partial charge in [-0.1, -0.05) is 0 Å². The maximum Gasteiger partial charge on any atom is 0.410 e. The van der Waals surface area contributed by atoms with Crippen LogP contribution in [0, 0.1) is 5.82 Å². The lowest BCUT2D eigenvalue weighted by molar-refractivity contribution is 0.0205. The summed E-state index contributed by atoms with van der Waals surface area (Å²) in [4.78, 5) is 17.6. The summed E-state index contributed by atoms with van der Waals surface area (Å²) in [5.74, 6) is -0.296. The molecule has 1 saturated heterocycles. The van der Waals surface area contributed by atoms with E-state index >= 15 is 0 Å². The number of aliphatic hydroxyl groups excluding tert-OH is 1. The second-order valence-electron chi connectivity index (χ2n) is 6.29. The maximum absolute atomic E-state index is 13.5. The number of likely N-dealkylation sites (tertiary alicyclic amines) is 1. The van der Waals surface area contributed by atoms with Crippen molar-refractivity contribution < 1.29 is 23.8 Å². The minimum Gasteiger partial charge on any atom is -0.481 e. The normalized spacial score (nSPS) is 21.8. The summed E-state index contributed by atoms with van der Waals surface area (Å²) in [6, 6.07) is 0.731. The lowest BCUT2D eigenvalue weighted by Gasteiger charge is -2.29. The van der Waals surface area contributed by atoms with Gasteiger partial charge in [-0.3, -0.25) is 4.90 Å². The van der Waals surface area contributed by atoms with Crippen LogP contribution in [0.15, 0.2) is 12.3 Å². The first kappa shape index (κ1) is 16.5. The zero-order valence-electron chi connectivity index (χ0n) is 13.2. The number of carbonyl (C=O) groups is 1. The molecule has 122 valence electrons. The Morgan fingerprint density at radius 2 is 2.18 bits per heavy atom. The van der Waals surface area contributed by atoms with Gasteiger partial charge in [-0.15, -0.1) is 0 Å². The Morgan fingerprint density at radius 3 is 2.77 bits per heavy atom. The average molecular weight is 312 g/mol. The molecule has 1 amide bonds. The molecule has 2 heterocycles. The van der Waals surface area contributed by atoms with Gasteiger partial charge in [0.25, 0.3) is 0 Å². The van der Waals surface area contributed by atoms with Crippen molar-refractivity contribution in [2.75, 3.05) is 13.7 Å². The number of hydrogen-bond acceptors (Lipinski definition) is 5. The molecule has 1 N–H and O–H groups in total. The van der Waals surface area contributed by atoms with Crippen LogP contribution >= 0.6 is 0 Å². The molecule has 0 bridgehead atoms. The zero-order chi connectivity index (χ0) is 16.5. The van der Waals surface area contributed by atoms with Gasteiger partial charge < -0.3 is 14.6 Å². The molecule has 7 heteroatoms. The number of β-amino-alcohol motifs (C(OH)–C–C–N with tert-alkyl or cyclic N) is 1. The van der Waals surface area contributed by atoms with Crippen LogP contribution < -0.4 is 4.74 Å². The fourth-order valence-electron chi connectivity index (χ4n) is 2.48. The second-order valence-corrected chi connectivity index (χ2v) is 6.29. The quantitative estimate of drug-likeness (QED) is 0.907. The highest BCUT2D eigenvalue weighted by atomic mass is 19.1. The topological polar surface area (TPSA) is 71.9 Å². The highest BCUT2D eigenvalue weighted by molar-refractivity contribution is 5.69. The number of hydrogen-bond donors (Lipinski definition) is 1. The van der Waals surface area contributed by atoms with Crippen LogP contribution in [0.25, 0.3) is 0 Å². The number of carbonyl (C=O) groups excluding carboxylic acids is 1. The van der Waals surface area contributed by atoms with E-state index < -0.39 is 29.7 Å². The van der Waals surface area contributed by atoms with Crippen molar-refractivity contribution in [3.8, 4) is 5.88 Å². The van der Waals surface area contributed by atoms with Crippen molar-refractivity contribution in [3.63, 3.8) is 0 Å². The average Bonchev–Trinajstić information content (AvgIpc) is 2.79. The molecular weight excluding hydrogens is 291 g/mol. The van der Waals surface area contributed by atoms with E-state index in [-0.39, 0.29) is 18.8 Å². The van der Waals surface area contributed by atoms with Gasteiger partial charge in [0.05, 0.1) is 32.0 Å². The number of aromatic nitrogens is 1. The lowest BCUT2D eigenvalue weighted by atomic mass is 10.1. The number of methoxy groups -OCH3 is 1. The highest BCUT2D eigenvalue weighted by Crippen LogP contribution is 2.37. The molecular formula is C15H21FN2O4. The molecule has 0 radical (unpaired) electrons. The third kappa shape index (κ3) is 3.65. The van der Waals surface area contributed by atoms with E-state index in [0.717, 1.165) is 6.20 Å². The summed E-state index contributed by atoms with van der Waals surface area (Å²) < 4.78 is 24.0. The van der Waals surface area contributed by atoms with E-state index in [0.29, 0.717) is 5.56 Å². The van der Waals surface area contributed by atoms with Gasteiger partial charge in [0.15, 0.2) is 0 Å². The number of amides is 1. The fraction of sp³-hybridized carbons (Fsp3) is 0.600. The summed E-state index contributed by atoms with van der Waals surface area (Å²) in [5, 5.41) is 9.91. The Kier molecular flexibility index (Phi) is 4.55. The third-order valence-corrected chi connectivity index (χ3v) is 3.30. The van der Waals surface area contributed by atoms with E-state index in [4.69, 9.17) is 9.47 Å². The number of nitrogens with zero attached hydrogens (tertiary/aromatic N) is 2. The summed E-state index contributed by atoms with van der Waals surface area (Å²) in [6.45, 7) is 5.41. The predicted octanol–water partition coefficient (Wildman–Crippen LogP) is 2.27. The van der Waals surface area contributed by atoms with Crippen LogP contribution in [-0.2, 0) is 4.74 Å². The lowest BCUT2D eigenvalue weighted by Crippen LogP contribution is -2.37. The summed E-state index contributed by atoms with van der Waals surface area (Å²) in [7, 11) is 1.42. The molecule has 2 rings (SSSR count). The highest BCUT2D eigenvalue weighted by Gasteiger charge is 2.39. The van der Waals surface area contributed by atoms with E-state index in [1.807, 2.05) is 0 Å². The fourth-order valence-corrected chi connectivity index (χ4v) is 2.48. The van der Waals surface area contributed by atoms with Crippen molar-refractivity contribution in [1.29, 1.82) is 0 Å². The zero-order valence-corrected chi connectivity index (χ0v) is 13.2. The summed E-state index contributed by atoms with van der Waals surface area (Å²) >= 11 is 0. The number of ether oxygens (including phenoxy) is 2. The Bertz CT molecular complexity index is 559. The molecule has 22 heavy (non-hydrogen) atoms. The van der Waals surface area contributed by atoms with Gasteiger partial charge in [0, 0.05) is 5.56 Å².